The Morgan fingerprint density at radius 1 is 1.05 bits per heavy atom. The minimum absolute atomic E-state index is 0.122. The average Bonchev–Trinajstić information content (AvgIpc) is 3.25. The fourth-order valence-electron chi connectivity index (χ4n) is 4.35. The van der Waals surface area contributed by atoms with Crippen LogP contribution in [-0.4, -0.2) is 63.0 Å². The topological polar surface area (TPSA) is 89.3 Å². The highest BCUT2D eigenvalue weighted by Crippen LogP contribution is 2.31. The third-order valence-corrected chi connectivity index (χ3v) is 6.10. The van der Waals surface area contributed by atoms with Gasteiger partial charge in [0.05, 0.1) is 23.1 Å². The number of rotatable bonds is 3. The molecular weight excluding hydrogens is 470 g/mol. The summed E-state index contributed by atoms with van der Waals surface area (Å²) < 4.78 is 12.9. The number of hydrogen-bond acceptors (Lipinski definition) is 6. The molecule has 0 saturated carbocycles. The standard InChI is InChI=1S/C28H37N5O4/c1-27(2,3)36-25(34)31(7)20-13-15-33-24(16-20)21(17-29-33)23-12-8-11-22(30-23)19-10-9-14-32(18-19)26(35)37-28(4,5)6/h8,11-13,15-17,19H,9-10,14,18H2,1-7H3. The van der Waals surface area contributed by atoms with Crippen molar-refractivity contribution in [3.63, 3.8) is 0 Å². The summed E-state index contributed by atoms with van der Waals surface area (Å²) in [7, 11) is 1.69. The zero-order valence-corrected chi connectivity index (χ0v) is 22.8. The Morgan fingerprint density at radius 2 is 1.78 bits per heavy atom. The maximum absolute atomic E-state index is 12.6. The molecule has 3 aromatic heterocycles. The molecule has 4 heterocycles. The lowest BCUT2D eigenvalue weighted by Crippen LogP contribution is -2.42. The summed E-state index contributed by atoms with van der Waals surface area (Å²) in [6, 6.07) is 9.69. The predicted molar refractivity (Wildman–Crippen MR) is 143 cm³/mol. The largest absolute Gasteiger partial charge is 0.444 e. The van der Waals surface area contributed by atoms with Gasteiger partial charge in [0.15, 0.2) is 0 Å². The lowest BCUT2D eigenvalue weighted by molar-refractivity contribution is 0.0197. The summed E-state index contributed by atoms with van der Waals surface area (Å²) in [5, 5.41) is 4.48. The molecular formula is C28H37N5O4. The van der Waals surface area contributed by atoms with E-state index in [9.17, 15) is 9.59 Å². The highest BCUT2D eigenvalue weighted by Gasteiger charge is 2.29. The molecule has 0 bridgehead atoms. The van der Waals surface area contributed by atoms with Crippen LogP contribution >= 0.6 is 0 Å². The monoisotopic (exact) mass is 507 g/mol. The number of carbonyl (C=O) groups is 2. The highest BCUT2D eigenvalue weighted by atomic mass is 16.6. The van der Waals surface area contributed by atoms with E-state index in [0.29, 0.717) is 18.8 Å². The molecule has 9 nitrogen and oxygen atoms in total. The minimum atomic E-state index is -0.584. The molecule has 0 N–H and O–H groups in total. The summed E-state index contributed by atoms with van der Waals surface area (Å²) in [4.78, 5) is 33.5. The second kappa shape index (κ2) is 10.0. The first kappa shape index (κ1) is 26.4. The predicted octanol–water partition coefficient (Wildman–Crippen LogP) is 5.88. The van der Waals surface area contributed by atoms with Gasteiger partial charge >= 0.3 is 12.2 Å². The van der Waals surface area contributed by atoms with E-state index in [2.05, 4.69) is 5.10 Å². The van der Waals surface area contributed by atoms with Gasteiger partial charge in [-0.3, -0.25) is 9.88 Å². The summed E-state index contributed by atoms with van der Waals surface area (Å²) in [6.45, 7) is 12.4. The number of nitrogens with zero attached hydrogens (tertiary/aromatic N) is 5. The van der Waals surface area contributed by atoms with Crippen LogP contribution in [0, 0.1) is 0 Å². The van der Waals surface area contributed by atoms with Crippen molar-refractivity contribution in [2.45, 2.75) is 71.5 Å². The molecule has 4 rings (SSSR count). The molecule has 2 amide bonds. The molecule has 9 heteroatoms. The van der Waals surface area contributed by atoms with Crippen LogP contribution in [0.2, 0.25) is 0 Å². The number of hydrogen-bond donors (Lipinski definition) is 0. The van der Waals surface area contributed by atoms with E-state index in [1.165, 1.54) is 4.90 Å². The van der Waals surface area contributed by atoms with Crippen LogP contribution in [0.3, 0.4) is 0 Å². The van der Waals surface area contributed by atoms with E-state index < -0.39 is 17.3 Å². The molecule has 0 aromatic carbocycles. The molecule has 0 spiro atoms. The number of piperidine rings is 1. The average molecular weight is 508 g/mol. The summed E-state index contributed by atoms with van der Waals surface area (Å²) >= 11 is 0. The Hall–Kier alpha value is -3.62. The first-order valence-electron chi connectivity index (χ1n) is 12.7. The third-order valence-electron chi connectivity index (χ3n) is 6.10. The first-order chi connectivity index (χ1) is 17.3. The van der Waals surface area contributed by atoms with Gasteiger partial charge in [0, 0.05) is 43.5 Å². The molecule has 1 unspecified atom stereocenters. The van der Waals surface area contributed by atoms with Crippen molar-refractivity contribution in [2.24, 2.45) is 0 Å². The molecule has 0 radical (unpaired) electrons. The normalized spacial score (nSPS) is 16.5. The van der Waals surface area contributed by atoms with Crippen molar-refractivity contribution >= 4 is 23.4 Å². The Morgan fingerprint density at radius 3 is 2.49 bits per heavy atom. The number of anilines is 1. The van der Waals surface area contributed by atoms with Crippen LogP contribution in [0.1, 0.15) is 66.0 Å². The molecule has 3 aromatic rings. The number of likely N-dealkylation sites (tertiary alicyclic amines) is 1. The Bertz CT molecular complexity index is 1290. The maximum Gasteiger partial charge on any atom is 0.414 e. The van der Waals surface area contributed by atoms with Crippen LogP contribution < -0.4 is 4.90 Å². The maximum atomic E-state index is 12.6. The van der Waals surface area contributed by atoms with E-state index in [4.69, 9.17) is 14.5 Å². The van der Waals surface area contributed by atoms with Gasteiger partial charge in [0.1, 0.15) is 11.2 Å². The number of carbonyl (C=O) groups excluding carboxylic acids is 2. The van der Waals surface area contributed by atoms with Gasteiger partial charge in [0.25, 0.3) is 0 Å². The third kappa shape index (κ3) is 6.39. The molecule has 1 aliphatic heterocycles. The molecule has 0 aliphatic carbocycles. The second-order valence-corrected chi connectivity index (χ2v) is 11.5. The minimum Gasteiger partial charge on any atom is -0.444 e. The fraction of sp³-hybridized carbons (Fsp3) is 0.500. The van der Waals surface area contributed by atoms with Gasteiger partial charge < -0.3 is 14.4 Å². The van der Waals surface area contributed by atoms with Crippen molar-refractivity contribution in [3.8, 4) is 11.3 Å². The van der Waals surface area contributed by atoms with Crippen molar-refractivity contribution in [1.29, 1.82) is 0 Å². The summed E-state index contributed by atoms with van der Waals surface area (Å²) in [6.07, 6.45) is 4.75. The number of amides is 2. The second-order valence-electron chi connectivity index (χ2n) is 11.5. The zero-order chi connectivity index (χ0) is 27.0. The van der Waals surface area contributed by atoms with Crippen LogP contribution in [0.5, 0.6) is 0 Å². The van der Waals surface area contributed by atoms with Crippen LogP contribution in [-0.2, 0) is 9.47 Å². The molecule has 1 fully saturated rings. The molecule has 1 saturated heterocycles. The molecule has 198 valence electrons. The number of pyridine rings is 2. The first-order valence-corrected chi connectivity index (χ1v) is 12.7. The van der Waals surface area contributed by atoms with Gasteiger partial charge in [-0.05, 0) is 78.6 Å². The van der Waals surface area contributed by atoms with Crippen molar-refractivity contribution in [2.75, 3.05) is 25.0 Å². The number of aromatic nitrogens is 3. The SMILES string of the molecule is CN(C(=O)OC(C)(C)C)c1ccn2ncc(-c3cccc(C4CCCN(C(=O)OC(C)(C)C)C4)n3)c2c1. The number of fused-ring (bicyclic) bond motifs is 1. The van der Waals surface area contributed by atoms with Gasteiger partial charge in [-0.25, -0.2) is 14.1 Å². The van der Waals surface area contributed by atoms with Gasteiger partial charge in [-0.2, -0.15) is 5.10 Å². The summed E-state index contributed by atoms with van der Waals surface area (Å²) in [5.41, 5.74) is 3.01. The van der Waals surface area contributed by atoms with Crippen molar-refractivity contribution < 1.29 is 19.1 Å². The Balaban J connectivity index is 1.58. The van der Waals surface area contributed by atoms with Crippen LogP contribution in [0.15, 0.2) is 42.7 Å². The fourth-order valence-corrected chi connectivity index (χ4v) is 4.35. The van der Waals surface area contributed by atoms with E-state index >= 15 is 0 Å². The molecule has 1 aliphatic rings. The highest BCUT2D eigenvalue weighted by molar-refractivity contribution is 5.89. The van der Waals surface area contributed by atoms with E-state index in [0.717, 1.165) is 35.3 Å². The van der Waals surface area contributed by atoms with Crippen LogP contribution in [0.4, 0.5) is 15.3 Å². The van der Waals surface area contributed by atoms with E-state index in [1.807, 2.05) is 78.1 Å². The smallest absolute Gasteiger partial charge is 0.414 e. The summed E-state index contributed by atoms with van der Waals surface area (Å²) in [5.74, 6) is 0.122. The Labute approximate surface area is 218 Å². The van der Waals surface area contributed by atoms with Gasteiger partial charge in [-0.15, -0.1) is 0 Å². The molecule has 37 heavy (non-hydrogen) atoms. The zero-order valence-electron chi connectivity index (χ0n) is 22.8. The van der Waals surface area contributed by atoms with Crippen molar-refractivity contribution in [3.05, 3.63) is 48.4 Å². The lowest BCUT2D eigenvalue weighted by Gasteiger charge is -2.34. The molecule has 1 atom stereocenters. The van der Waals surface area contributed by atoms with E-state index in [1.54, 1.807) is 22.7 Å². The van der Waals surface area contributed by atoms with Gasteiger partial charge in [0.2, 0.25) is 0 Å². The number of ether oxygens (including phenoxy) is 2. The van der Waals surface area contributed by atoms with Gasteiger partial charge in [-0.1, -0.05) is 6.07 Å². The quantitative estimate of drug-likeness (QED) is 0.440. The van der Waals surface area contributed by atoms with E-state index in [-0.39, 0.29) is 12.0 Å². The van der Waals surface area contributed by atoms with Crippen LogP contribution in [0.25, 0.3) is 16.8 Å². The lowest BCUT2D eigenvalue weighted by atomic mass is 9.94. The Kier molecular flexibility index (Phi) is 7.17. The van der Waals surface area contributed by atoms with Crippen molar-refractivity contribution in [1.82, 2.24) is 19.5 Å².